The molecule has 0 spiro atoms. The maximum atomic E-state index is 14.0. The topological polar surface area (TPSA) is 95.9 Å². The van der Waals surface area contributed by atoms with Crippen LogP contribution in [0, 0.1) is 11.6 Å². The molecule has 0 saturated carbocycles. The van der Waals surface area contributed by atoms with E-state index >= 15 is 0 Å². The largest absolute Gasteiger partial charge is 0.480 e. The molecule has 1 rings (SSSR count). The summed E-state index contributed by atoms with van der Waals surface area (Å²) >= 11 is -2.34. The van der Waals surface area contributed by atoms with Gasteiger partial charge in [-0.2, -0.15) is 0 Å². The van der Waals surface area contributed by atoms with Crippen LogP contribution in [0.25, 0.3) is 0 Å². The van der Waals surface area contributed by atoms with Crippen molar-refractivity contribution in [2.24, 2.45) is 0 Å². The minimum Gasteiger partial charge on any atom is -0.480 e. The van der Waals surface area contributed by atoms with E-state index in [1.54, 1.807) is 0 Å². The molecule has 0 bridgehead atoms. The van der Waals surface area contributed by atoms with Gasteiger partial charge in [0.2, 0.25) is 11.3 Å². The summed E-state index contributed by atoms with van der Waals surface area (Å²) in [5, 5.41) is 8.56. The molecule has 0 aliphatic rings. The van der Waals surface area contributed by atoms with Gasteiger partial charge in [0.15, 0.2) is 0 Å². The van der Waals surface area contributed by atoms with Crippen LogP contribution in [-0.2, 0) is 32.9 Å². The van der Waals surface area contributed by atoms with Crippen LogP contribution in [0.15, 0.2) is 12.1 Å². The van der Waals surface area contributed by atoms with E-state index in [0.29, 0.717) is 0 Å². The van der Waals surface area contributed by atoms with Gasteiger partial charge in [-0.3, -0.25) is 4.55 Å². The lowest BCUT2D eigenvalue weighted by atomic mass is 9.95. The van der Waals surface area contributed by atoms with Gasteiger partial charge in [-0.1, -0.05) is 0 Å². The molecule has 1 aromatic carbocycles. The summed E-state index contributed by atoms with van der Waals surface area (Å²) in [5.74, 6) is -2.82. The van der Waals surface area contributed by atoms with Gasteiger partial charge in [-0.05, 0) is 26.0 Å². The van der Waals surface area contributed by atoms with Crippen LogP contribution in [0.3, 0.4) is 0 Å². The molecule has 0 fully saturated rings. The van der Waals surface area contributed by atoms with Gasteiger partial charge in [0.05, 0.1) is 5.60 Å². The van der Waals surface area contributed by atoms with E-state index in [0.717, 1.165) is 12.1 Å². The first-order chi connectivity index (χ1) is 9.63. The maximum absolute atomic E-state index is 14.0. The standard InChI is InChI=1S/C12H15F2NO5S/c1-12(2,20-6-11(16)17)8-4-9(13)7(3-10(8)14)5-15-21(18)19/h3-4,15H,5-6H2,1-2H3,(H,16,17)(H,18,19). The van der Waals surface area contributed by atoms with Crippen molar-refractivity contribution in [1.82, 2.24) is 4.72 Å². The molecule has 21 heavy (non-hydrogen) atoms. The first kappa shape index (κ1) is 17.6. The summed E-state index contributed by atoms with van der Waals surface area (Å²) in [7, 11) is 0. The molecular formula is C12H15F2NO5S. The highest BCUT2D eigenvalue weighted by Gasteiger charge is 2.27. The Morgan fingerprint density at radius 2 is 2.00 bits per heavy atom. The lowest BCUT2D eigenvalue weighted by molar-refractivity contribution is -0.148. The van der Waals surface area contributed by atoms with Crippen LogP contribution in [0.5, 0.6) is 0 Å². The number of hydrogen-bond donors (Lipinski definition) is 3. The van der Waals surface area contributed by atoms with Crippen LogP contribution in [0.4, 0.5) is 8.78 Å². The molecular weight excluding hydrogens is 308 g/mol. The van der Waals surface area contributed by atoms with Crippen molar-refractivity contribution >= 4 is 17.2 Å². The van der Waals surface area contributed by atoms with Gasteiger partial charge in [0.1, 0.15) is 18.2 Å². The van der Waals surface area contributed by atoms with E-state index < -0.39 is 41.1 Å². The van der Waals surface area contributed by atoms with Crippen molar-refractivity contribution < 1.29 is 32.2 Å². The molecule has 0 saturated heterocycles. The zero-order valence-corrected chi connectivity index (χ0v) is 12.2. The number of carboxylic acids is 1. The molecule has 6 nitrogen and oxygen atoms in total. The molecule has 0 heterocycles. The summed E-state index contributed by atoms with van der Waals surface area (Å²) in [5.41, 5.74) is -1.61. The smallest absolute Gasteiger partial charge is 0.329 e. The number of carboxylic acid groups (broad SMARTS) is 1. The van der Waals surface area contributed by atoms with E-state index in [1.807, 2.05) is 4.72 Å². The van der Waals surface area contributed by atoms with Gasteiger partial charge < -0.3 is 9.84 Å². The fourth-order valence-corrected chi connectivity index (χ4v) is 1.92. The number of hydrogen-bond acceptors (Lipinski definition) is 3. The highest BCUT2D eigenvalue weighted by atomic mass is 32.2. The molecule has 0 aromatic heterocycles. The van der Waals surface area contributed by atoms with Gasteiger partial charge in [0.25, 0.3) is 0 Å². The molecule has 0 aliphatic heterocycles. The van der Waals surface area contributed by atoms with Crippen molar-refractivity contribution in [3.63, 3.8) is 0 Å². The van der Waals surface area contributed by atoms with E-state index in [1.165, 1.54) is 13.8 Å². The zero-order chi connectivity index (χ0) is 16.2. The summed E-state index contributed by atoms with van der Waals surface area (Å²) < 4.78 is 53.9. The second-order valence-corrected chi connectivity index (χ2v) is 5.47. The molecule has 0 radical (unpaired) electrons. The Kier molecular flexibility index (Phi) is 5.90. The van der Waals surface area contributed by atoms with E-state index in [-0.39, 0.29) is 17.7 Å². The summed E-state index contributed by atoms with van der Waals surface area (Å²) in [6, 6.07) is 1.75. The maximum Gasteiger partial charge on any atom is 0.329 e. The predicted molar refractivity (Wildman–Crippen MR) is 70.6 cm³/mol. The highest BCUT2D eigenvalue weighted by Crippen LogP contribution is 2.29. The Morgan fingerprint density at radius 1 is 1.38 bits per heavy atom. The average Bonchev–Trinajstić information content (AvgIpc) is 2.36. The normalized spacial score (nSPS) is 13.2. The minimum atomic E-state index is -2.34. The van der Waals surface area contributed by atoms with E-state index in [2.05, 4.69) is 0 Å². The number of rotatable bonds is 7. The fraction of sp³-hybridized carbons (Fsp3) is 0.417. The van der Waals surface area contributed by atoms with Gasteiger partial charge >= 0.3 is 5.97 Å². The van der Waals surface area contributed by atoms with Crippen LogP contribution < -0.4 is 4.72 Å². The first-order valence-electron chi connectivity index (χ1n) is 5.82. The number of benzene rings is 1. The second-order valence-electron chi connectivity index (χ2n) is 4.69. The first-order valence-corrected chi connectivity index (χ1v) is 6.92. The molecule has 0 amide bonds. The molecule has 1 unspecified atom stereocenters. The van der Waals surface area contributed by atoms with E-state index in [9.17, 15) is 17.8 Å². The van der Waals surface area contributed by atoms with Crippen LogP contribution in [0.2, 0.25) is 0 Å². The predicted octanol–water partition coefficient (Wildman–Crippen LogP) is 1.53. The quantitative estimate of drug-likeness (QED) is 0.661. The van der Waals surface area contributed by atoms with Crippen LogP contribution in [0.1, 0.15) is 25.0 Å². The molecule has 9 heteroatoms. The Labute approximate surface area is 122 Å². The van der Waals surface area contributed by atoms with Crippen molar-refractivity contribution in [2.45, 2.75) is 26.0 Å². The SMILES string of the molecule is CC(C)(OCC(=O)O)c1cc(F)c(CNS(=O)O)cc1F. The van der Waals surface area contributed by atoms with Crippen LogP contribution in [-0.4, -0.2) is 26.4 Å². The number of halogens is 2. The number of carbonyl (C=O) groups is 1. The third kappa shape index (κ3) is 5.12. The summed E-state index contributed by atoms with van der Waals surface area (Å²) in [6.07, 6.45) is 0. The third-order valence-electron chi connectivity index (χ3n) is 2.73. The molecule has 3 N–H and O–H groups in total. The van der Waals surface area contributed by atoms with E-state index in [4.69, 9.17) is 14.4 Å². The lowest BCUT2D eigenvalue weighted by Crippen LogP contribution is -2.27. The molecule has 1 aromatic rings. The zero-order valence-electron chi connectivity index (χ0n) is 11.4. The Balaban J connectivity index is 3.01. The molecule has 118 valence electrons. The van der Waals surface area contributed by atoms with Gasteiger partial charge in [-0.25, -0.2) is 22.5 Å². The highest BCUT2D eigenvalue weighted by molar-refractivity contribution is 7.77. The second kappa shape index (κ2) is 7.03. The Morgan fingerprint density at radius 3 is 2.52 bits per heavy atom. The minimum absolute atomic E-state index is 0.132. The monoisotopic (exact) mass is 323 g/mol. The van der Waals surface area contributed by atoms with Gasteiger partial charge in [0, 0.05) is 17.7 Å². The molecule has 1 atom stereocenters. The fourth-order valence-electron chi connectivity index (χ4n) is 1.64. The van der Waals surface area contributed by atoms with Crippen molar-refractivity contribution in [2.75, 3.05) is 6.61 Å². The number of ether oxygens (including phenoxy) is 1. The van der Waals surface area contributed by atoms with Crippen molar-refractivity contribution in [1.29, 1.82) is 0 Å². The average molecular weight is 323 g/mol. The summed E-state index contributed by atoms with van der Waals surface area (Å²) in [6.45, 7) is 1.84. The van der Waals surface area contributed by atoms with Crippen LogP contribution >= 0.6 is 0 Å². The molecule has 0 aliphatic carbocycles. The Bertz CT molecular complexity index is 565. The van der Waals surface area contributed by atoms with Gasteiger partial charge in [-0.15, -0.1) is 0 Å². The van der Waals surface area contributed by atoms with Crippen molar-refractivity contribution in [3.05, 3.63) is 34.9 Å². The number of nitrogens with one attached hydrogen (secondary N) is 1. The Hall–Kier alpha value is -1.42. The lowest BCUT2D eigenvalue weighted by Gasteiger charge is -2.26. The number of aliphatic carboxylic acids is 1. The third-order valence-corrected chi connectivity index (χ3v) is 3.12. The summed E-state index contributed by atoms with van der Waals surface area (Å²) in [4.78, 5) is 10.5. The van der Waals surface area contributed by atoms with Crippen molar-refractivity contribution in [3.8, 4) is 0 Å².